The second-order valence-electron chi connectivity index (χ2n) is 4.28. The summed E-state index contributed by atoms with van der Waals surface area (Å²) in [6.07, 6.45) is 2.21. The van der Waals surface area contributed by atoms with Crippen molar-refractivity contribution in [2.45, 2.75) is 22.3 Å². The number of nitrogens with one attached hydrogen (secondary N) is 1. The van der Waals surface area contributed by atoms with E-state index < -0.39 is 31.9 Å². The number of rotatable bonds is 7. The van der Waals surface area contributed by atoms with E-state index in [0.717, 1.165) is 30.5 Å². The van der Waals surface area contributed by atoms with Crippen LogP contribution in [0.4, 0.5) is 0 Å². The second kappa shape index (κ2) is 6.37. The molecule has 0 aliphatic carbocycles. The molecule has 0 aliphatic heterocycles. The third-order valence-corrected chi connectivity index (χ3v) is 5.18. The molecule has 0 aromatic heterocycles. The van der Waals surface area contributed by atoms with Crippen molar-refractivity contribution in [2.24, 2.45) is 0 Å². The highest BCUT2D eigenvalue weighted by atomic mass is 32.2. The fourth-order valence-corrected chi connectivity index (χ4v) is 3.32. The Kier molecular flexibility index (Phi) is 5.26. The zero-order chi connectivity index (χ0) is 16.3. The van der Waals surface area contributed by atoms with Crippen molar-refractivity contribution in [3.05, 3.63) is 36.9 Å². The Morgan fingerprint density at radius 2 is 1.71 bits per heavy atom. The smallest absolute Gasteiger partial charge is 0.322 e. The molecule has 0 aliphatic rings. The van der Waals surface area contributed by atoms with Gasteiger partial charge in [-0.1, -0.05) is 6.08 Å². The Morgan fingerprint density at radius 1 is 1.24 bits per heavy atom. The van der Waals surface area contributed by atoms with Crippen molar-refractivity contribution in [1.29, 1.82) is 0 Å². The number of carboxylic acid groups (broad SMARTS) is 1. The van der Waals surface area contributed by atoms with Crippen molar-refractivity contribution < 1.29 is 26.7 Å². The van der Waals surface area contributed by atoms with Crippen LogP contribution >= 0.6 is 0 Å². The number of hydrogen-bond donors (Lipinski definition) is 2. The van der Waals surface area contributed by atoms with Crippen LogP contribution in [0.3, 0.4) is 0 Å². The monoisotopic (exact) mass is 333 g/mol. The minimum Gasteiger partial charge on any atom is -0.480 e. The summed E-state index contributed by atoms with van der Waals surface area (Å²) in [5.41, 5.74) is 0. The molecule has 1 aromatic carbocycles. The highest BCUT2D eigenvalue weighted by Gasteiger charge is 2.24. The van der Waals surface area contributed by atoms with Gasteiger partial charge in [0.05, 0.1) is 9.79 Å². The van der Waals surface area contributed by atoms with Gasteiger partial charge in [0.2, 0.25) is 10.0 Å². The maximum Gasteiger partial charge on any atom is 0.322 e. The molecule has 0 amide bonds. The molecule has 116 valence electrons. The Hall–Kier alpha value is -1.71. The van der Waals surface area contributed by atoms with E-state index >= 15 is 0 Å². The predicted octanol–water partition coefficient (Wildman–Crippen LogP) is 0.398. The van der Waals surface area contributed by atoms with Crippen LogP contribution in [0.15, 0.2) is 46.7 Å². The lowest BCUT2D eigenvalue weighted by atomic mass is 10.2. The first-order valence-corrected chi connectivity index (χ1v) is 9.11. The molecule has 7 nitrogen and oxygen atoms in total. The largest absolute Gasteiger partial charge is 0.480 e. The maximum atomic E-state index is 12.0. The van der Waals surface area contributed by atoms with Gasteiger partial charge in [-0.25, -0.2) is 16.8 Å². The average molecular weight is 333 g/mol. The molecule has 1 rings (SSSR count). The second-order valence-corrected chi connectivity index (χ2v) is 8.01. The van der Waals surface area contributed by atoms with Gasteiger partial charge >= 0.3 is 5.97 Å². The van der Waals surface area contributed by atoms with E-state index in [1.54, 1.807) is 0 Å². The summed E-state index contributed by atoms with van der Waals surface area (Å²) in [6, 6.07) is 3.17. The van der Waals surface area contributed by atoms with E-state index in [-0.39, 0.29) is 16.2 Å². The van der Waals surface area contributed by atoms with Crippen LogP contribution in [0.2, 0.25) is 0 Å². The normalized spacial score (nSPS) is 13.6. The Labute approximate surface area is 123 Å². The highest BCUT2D eigenvalue weighted by molar-refractivity contribution is 7.90. The summed E-state index contributed by atoms with van der Waals surface area (Å²) in [5, 5.41) is 8.91. The summed E-state index contributed by atoms with van der Waals surface area (Å²) in [6.45, 7) is 3.36. The molecule has 1 aromatic rings. The number of aliphatic carboxylic acids is 1. The predicted molar refractivity (Wildman–Crippen MR) is 76.1 cm³/mol. The summed E-state index contributed by atoms with van der Waals surface area (Å²) >= 11 is 0. The third kappa shape index (κ3) is 4.66. The van der Waals surface area contributed by atoms with Crippen molar-refractivity contribution in [3.63, 3.8) is 0 Å². The van der Waals surface area contributed by atoms with Gasteiger partial charge in [0.15, 0.2) is 9.84 Å². The number of carbonyl (C=O) groups is 1. The van der Waals surface area contributed by atoms with Crippen LogP contribution in [0.5, 0.6) is 0 Å². The summed E-state index contributed by atoms with van der Waals surface area (Å²) in [4.78, 5) is 10.7. The molecule has 1 atom stereocenters. The van der Waals surface area contributed by atoms with Gasteiger partial charge in [0.25, 0.3) is 0 Å². The van der Waals surface area contributed by atoms with Crippen LogP contribution in [0, 0.1) is 0 Å². The highest BCUT2D eigenvalue weighted by Crippen LogP contribution is 2.15. The van der Waals surface area contributed by atoms with Gasteiger partial charge in [-0.2, -0.15) is 4.72 Å². The fourth-order valence-electron chi connectivity index (χ4n) is 1.49. The zero-order valence-electron chi connectivity index (χ0n) is 11.2. The van der Waals surface area contributed by atoms with Gasteiger partial charge < -0.3 is 5.11 Å². The molecule has 2 N–H and O–H groups in total. The number of sulfonamides is 1. The number of sulfone groups is 1. The Morgan fingerprint density at radius 3 is 2.10 bits per heavy atom. The molecule has 0 saturated heterocycles. The molecule has 21 heavy (non-hydrogen) atoms. The minimum atomic E-state index is -4.06. The number of carboxylic acids is 1. The fraction of sp³-hybridized carbons (Fsp3) is 0.250. The molecule has 0 bridgehead atoms. The maximum absolute atomic E-state index is 12.0. The SMILES string of the molecule is C=CCC(NS(=O)(=O)c1ccc(S(C)(=O)=O)cc1)C(=O)O. The Bertz CT molecular complexity index is 734. The van der Waals surface area contributed by atoms with E-state index in [1.807, 2.05) is 4.72 Å². The van der Waals surface area contributed by atoms with Crippen LogP contribution in [0.1, 0.15) is 6.42 Å². The summed E-state index contributed by atoms with van der Waals surface area (Å²) in [7, 11) is -7.50. The van der Waals surface area contributed by atoms with Crippen LogP contribution in [-0.2, 0) is 24.7 Å². The molecule has 0 spiro atoms. The molecular weight excluding hydrogens is 318 g/mol. The molecule has 9 heteroatoms. The quantitative estimate of drug-likeness (QED) is 0.697. The molecule has 0 fully saturated rings. The Balaban J connectivity index is 3.08. The average Bonchev–Trinajstić information content (AvgIpc) is 2.37. The molecule has 0 radical (unpaired) electrons. The van der Waals surface area contributed by atoms with E-state index in [9.17, 15) is 21.6 Å². The molecular formula is C12H15NO6S2. The van der Waals surface area contributed by atoms with Gasteiger partial charge in [0.1, 0.15) is 6.04 Å². The lowest BCUT2D eigenvalue weighted by Gasteiger charge is -2.13. The van der Waals surface area contributed by atoms with Gasteiger partial charge in [-0.05, 0) is 30.7 Å². The van der Waals surface area contributed by atoms with E-state index in [0.29, 0.717) is 0 Å². The first-order chi connectivity index (χ1) is 9.58. The van der Waals surface area contributed by atoms with Crippen molar-refractivity contribution in [2.75, 3.05) is 6.26 Å². The molecule has 0 heterocycles. The van der Waals surface area contributed by atoms with Gasteiger partial charge in [-0.15, -0.1) is 6.58 Å². The van der Waals surface area contributed by atoms with E-state index in [1.165, 1.54) is 6.08 Å². The number of hydrogen-bond acceptors (Lipinski definition) is 5. The standard InChI is InChI=1S/C12H15NO6S2/c1-3-4-11(12(14)15)13-21(18,19)10-7-5-9(6-8-10)20(2,16)17/h3,5-8,11,13H,1,4H2,2H3,(H,14,15). The van der Waals surface area contributed by atoms with Crippen molar-refractivity contribution in [3.8, 4) is 0 Å². The van der Waals surface area contributed by atoms with E-state index in [4.69, 9.17) is 5.11 Å². The van der Waals surface area contributed by atoms with Gasteiger partial charge in [0, 0.05) is 6.26 Å². The minimum absolute atomic E-state index is 0.0256. The first-order valence-electron chi connectivity index (χ1n) is 5.74. The molecule has 1 unspecified atom stereocenters. The number of benzene rings is 1. The topological polar surface area (TPSA) is 118 Å². The van der Waals surface area contributed by atoms with Crippen LogP contribution in [-0.4, -0.2) is 40.2 Å². The lowest BCUT2D eigenvalue weighted by Crippen LogP contribution is -2.40. The summed E-state index contributed by atoms with van der Waals surface area (Å²) < 4.78 is 48.7. The third-order valence-electron chi connectivity index (χ3n) is 2.56. The van der Waals surface area contributed by atoms with Crippen molar-refractivity contribution >= 4 is 25.8 Å². The first kappa shape index (κ1) is 17.3. The van der Waals surface area contributed by atoms with Crippen LogP contribution in [0.25, 0.3) is 0 Å². The van der Waals surface area contributed by atoms with Crippen molar-refractivity contribution in [1.82, 2.24) is 4.72 Å². The lowest BCUT2D eigenvalue weighted by molar-refractivity contribution is -0.138. The van der Waals surface area contributed by atoms with Crippen LogP contribution < -0.4 is 4.72 Å². The zero-order valence-corrected chi connectivity index (χ0v) is 12.8. The molecule has 0 saturated carbocycles. The van der Waals surface area contributed by atoms with E-state index in [2.05, 4.69) is 6.58 Å². The van der Waals surface area contributed by atoms with Gasteiger partial charge in [-0.3, -0.25) is 4.79 Å². The summed E-state index contributed by atoms with van der Waals surface area (Å²) in [5.74, 6) is -1.33.